The van der Waals surface area contributed by atoms with E-state index >= 15 is 0 Å². The predicted octanol–water partition coefficient (Wildman–Crippen LogP) is 2.24. The molecule has 7 nitrogen and oxygen atoms in total. The highest BCUT2D eigenvalue weighted by atomic mass is 35.5. The zero-order chi connectivity index (χ0) is 18.7. The Morgan fingerprint density at radius 1 is 1.31 bits per heavy atom. The van der Waals surface area contributed by atoms with Crippen LogP contribution in [0.4, 0.5) is 10.5 Å². The summed E-state index contributed by atoms with van der Waals surface area (Å²) in [6.45, 7) is 2.24. The molecule has 1 aromatic carbocycles. The van der Waals surface area contributed by atoms with Crippen molar-refractivity contribution in [2.45, 2.75) is 18.1 Å². The lowest BCUT2D eigenvalue weighted by Gasteiger charge is -2.22. The Morgan fingerprint density at radius 2 is 2.04 bits per heavy atom. The average molecular weight is 402 g/mol. The number of benzene rings is 1. The van der Waals surface area contributed by atoms with E-state index < -0.39 is 15.3 Å². The number of hydrogen-bond donors (Lipinski definition) is 1. The maximum Gasteiger partial charge on any atom is 0.321 e. The summed E-state index contributed by atoms with van der Waals surface area (Å²) in [5.74, 6) is 0.0509. The van der Waals surface area contributed by atoms with Crippen LogP contribution in [-0.2, 0) is 14.8 Å². The zero-order valence-electron chi connectivity index (χ0n) is 14.7. The number of para-hydroxylation sites is 1. The van der Waals surface area contributed by atoms with Crippen molar-refractivity contribution in [1.82, 2.24) is 9.21 Å². The molecule has 2 atom stereocenters. The molecule has 2 saturated heterocycles. The van der Waals surface area contributed by atoms with Gasteiger partial charge in [-0.1, -0.05) is 23.7 Å². The molecule has 0 aliphatic carbocycles. The third kappa shape index (κ3) is 3.98. The molecular formula is C17H24ClN3O4S. The van der Waals surface area contributed by atoms with Gasteiger partial charge in [-0.2, -0.15) is 4.31 Å². The van der Waals surface area contributed by atoms with E-state index in [2.05, 4.69) is 5.32 Å². The Bertz CT molecular complexity index is 758. The Kier molecular flexibility index (Phi) is 6.06. The van der Waals surface area contributed by atoms with Crippen molar-refractivity contribution in [3.05, 3.63) is 29.3 Å². The minimum atomic E-state index is -3.32. The number of carbonyl (C=O) groups excluding carboxylic acids is 1. The number of amides is 2. The van der Waals surface area contributed by atoms with Gasteiger partial charge >= 0.3 is 6.03 Å². The molecule has 0 unspecified atom stereocenters. The molecule has 0 radical (unpaired) electrons. The molecule has 3 rings (SSSR count). The van der Waals surface area contributed by atoms with Crippen LogP contribution >= 0.6 is 11.6 Å². The van der Waals surface area contributed by atoms with E-state index in [4.69, 9.17) is 16.3 Å². The molecule has 0 spiro atoms. The van der Waals surface area contributed by atoms with Crippen LogP contribution in [0.1, 0.15) is 12.8 Å². The summed E-state index contributed by atoms with van der Waals surface area (Å²) < 4.78 is 32.0. The first-order chi connectivity index (χ1) is 12.4. The Morgan fingerprint density at radius 3 is 2.77 bits per heavy atom. The lowest BCUT2D eigenvalue weighted by Crippen LogP contribution is -2.37. The van der Waals surface area contributed by atoms with Crippen LogP contribution in [0.15, 0.2) is 24.3 Å². The van der Waals surface area contributed by atoms with Crippen molar-refractivity contribution < 1.29 is 17.9 Å². The van der Waals surface area contributed by atoms with E-state index in [9.17, 15) is 13.2 Å². The fourth-order valence-corrected chi connectivity index (χ4v) is 6.07. The van der Waals surface area contributed by atoms with Gasteiger partial charge in [0, 0.05) is 33.3 Å². The molecule has 2 aliphatic heterocycles. The lowest BCUT2D eigenvalue weighted by atomic mass is 10.0. The molecule has 2 heterocycles. The number of hydrogen-bond acceptors (Lipinski definition) is 4. The minimum Gasteiger partial charge on any atom is -0.383 e. The highest BCUT2D eigenvalue weighted by Crippen LogP contribution is 2.34. The van der Waals surface area contributed by atoms with Gasteiger partial charge in [0.1, 0.15) is 0 Å². The largest absolute Gasteiger partial charge is 0.383 e. The number of sulfonamides is 1. The van der Waals surface area contributed by atoms with E-state index in [1.54, 1.807) is 36.3 Å². The first-order valence-corrected chi connectivity index (χ1v) is 10.6. The van der Waals surface area contributed by atoms with Gasteiger partial charge in [-0.25, -0.2) is 13.2 Å². The monoisotopic (exact) mass is 401 g/mol. The molecule has 0 saturated carbocycles. The maximum atomic E-state index is 12.7. The van der Waals surface area contributed by atoms with Crippen LogP contribution in [0.3, 0.4) is 0 Å². The molecule has 9 heteroatoms. The number of carbonyl (C=O) groups is 1. The summed E-state index contributed by atoms with van der Waals surface area (Å²) in [5, 5.41) is 2.87. The van der Waals surface area contributed by atoms with Crippen molar-refractivity contribution in [3.63, 3.8) is 0 Å². The molecule has 2 aliphatic rings. The van der Waals surface area contributed by atoms with E-state index in [-0.39, 0.29) is 11.9 Å². The SMILES string of the molecule is COCCN1C[C@@H]2CCN(C(=O)Nc3ccccc3Cl)CC[C@@H]2S1(=O)=O. The molecule has 2 amide bonds. The molecule has 0 bridgehead atoms. The molecule has 144 valence electrons. The summed E-state index contributed by atoms with van der Waals surface area (Å²) in [6.07, 6.45) is 1.12. The predicted molar refractivity (Wildman–Crippen MR) is 101 cm³/mol. The van der Waals surface area contributed by atoms with E-state index in [1.807, 2.05) is 0 Å². The van der Waals surface area contributed by atoms with Crippen LogP contribution in [0.25, 0.3) is 0 Å². The molecule has 0 aromatic heterocycles. The van der Waals surface area contributed by atoms with Gasteiger partial charge in [-0.15, -0.1) is 0 Å². The first-order valence-electron chi connectivity index (χ1n) is 8.72. The fourth-order valence-electron chi connectivity index (χ4n) is 3.67. The summed E-state index contributed by atoms with van der Waals surface area (Å²) in [4.78, 5) is 14.2. The minimum absolute atomic E-state index is 0.0509. The quantitative estimate of drug-likeness (QED) is 0.839. The topological polar surface area (TPSA) is 79.0 Å². The second-order valence-electron chi connectivity index (χ2n) is 6.67. The molecule has 2 fully saturated rings. The molecule has 1 N–H and O–H groups in total. The number of anilines is 1. The van der Waals surface area contributed by atoms with Crippen molar-refractivity contribution in [3.8, 4) is 0 Å². The number of urea groups is 1. The first kappa shape index (κ1) is 19.4. The highest BCUT2D eigenvalue weighted by molar-refractivity contribution is 7.90. The second-order valence-corrected chi connectivity index (χ2v) is 9.23. The standard InChI is InChI=1S/C17H24ClN3O4S/c1-25-11-10-21-12-13-6-8-20(9-7-16(13)26(21,23)24)17(22)19-15-5-3-2-4-14(15)18/h2-5,13,16H,6-12H2,1H3,(H,19,22)/t13-,16-/m0/s1. The van der Waals surface area contributed by atoms with Gasteiger partial charge in [0.05, 0.1) is 22.6 Å². The van der Waals surface area contributed by atoms with Crippen LogP contribution in [0.5, 0.6) is 0 Å². The van der Waals surface area contributed by atoms with Gasteiger partial charge in [-0.3, -0.25) is 0 Å². The Hall–Kier alpha value is -1.35. The van der Waals surface area contributed by atoms with Gasteiger partial charge in [0.15, 0.2) is 0 Å². The van der Waals surface area contributed by atoms with E-state index in [0.29, 0.717) is 56.3 Å². The zero-order valence-corrected chi connectivity index (χ0v) is 16.3. The third-order valence-corrected chi connectivity index (χ3v) is 7.87. The summed E-state index contributed by atoms with van der Waals surface area (Å²) in [7, 11) is -1.76. The number of ether oxygens (including phenoxy) is 1. The third-order valence-electron chi connectivity index (χ3n) is 5.11. The maximum absolute atomic E-state index is 12.7. The Balaban J connectivity index is 1.63. The normalized spacial score (nSPS) is 25.5. The van der Waals surface area contributed by atoms with E-state index in [0.717, 1.165) is 0 Å². The smallest absolute Gasteiger partial charge is 0.321 e. The number of nitrogens with one attached hydrogen (secondary N) is 1. The van der Waals surface area contributed by atoms with Crippen LogP contribution in [-0.4, -0.2) is 68.8 Å². The van der Waals surface area contributed by atoms with Gasteiger partial charge in [0.25, 0.3) is 0 Å². The number of rotatable bonds is 4. The Labute approximate surface area is 159 Å². The molecular weight excluding hydrogens is 378 g/mol. The van der Waals surface area contributed by atoms with Gasteiger partial charge in [0.2, 0.25) is 10.0 Å². The number of fused-ring (bicyclic) bond motifs is 1. The van der Waals surface area contributed by atoms with Crippen molar-refractivity contribution >= 4 is 33.3 Å². The number of nitrogens with zero attached hydrogens (tertiary/aromatic N) is 2. The van der Waals surface area contributed by atoms with Crippen molar-refractivity contribution in [1.29, 1.82) is 0 Å². The van der Waals surface area contributed by atoms with E-state index in [1.165, 1.54) is 4.31 Å². The average Bonchev–Trinajstić information content (AvgIpc) is 2.76. The van der Waals surface area contributed by atoms with Gasteiger partial charge in [-0.05, 0) is 30.9 Å². The highest BCUT2D eigenvalue weighted by Gasteiger charge is 2.46. The summed E-state index contributed by atoms with van der Waals surface area (Å²) in [5.41, 5.74) is 0.557. The number of halogens is 1. The fraction of sp³-hybridized carbons (Fsp3) is 0.588. The van der Waals surface area contributed by atoms with Crippen LogP contribution in [0, 0.1) is 5.92 Å². The number of methoxy groups -OCH3 is 1. The van der Waals surface area contributed by atoms with Crippen LogP contribution in [0.2, 0.25) is 5.02 Å². The van der Waals surface area contributed by atoms with Crippen molar-refractivity contribution in [2.24, 2.45) is 5.92 Å². The lowest BCUT2D eigenvalue weighted by molar-refractivity contribution is 0.178. The second kappa shape index (κ2) is 8.12. The number of likely N-dealkylation sites (tertiary alicyclic amines) is 1. The summed E-state index contributed by atoms with van der Waals surface area (Å²) >= 11 is 6.08. The van der Waals surface area contributed by atoms with Crippen molar-refractivity contribution in [2.75, 3.05) is 45.2 Å². The van der Waals surface area contributed by atoms with Gasteiger partial charge < -0.3 is 15.0 Å². The summed E-state index contributed by atoms with van der Waals surface area (Å²) in [6, 6.07) is 6.81. The molecule has 26 heavy (non-hydrogen) atoms. The molecule has 1 aromatic rings. The van der Waals surface area contributed by atoms with Crippen LogP contribution < -0.4 is 5.32 Å².